The molecular weight excluding hydrogens is 330 g/mol. The maximum Gasteiger partial charge on any atom is 0.288 e. The molecule has 2 fully saturated rings. The van der Waals surface area contributed by atoms with Crippen molar-refractivity contribution >= 4 is 21.9 Å². The smallest absolute Gasteiger partial charge is 0.271 e. The zero-order valence-electron chi connectivity index (χ0n) is 14.1. The van der Waals surface area contributed by atoms with Gasteiger partial charge in [-0.15, -0.1) is 9.35 Å². The van der Waals surface area contributed by atoms with Crippen LogP contribution in [-0.4, -0.2) is 31.0 Å². The van der Waals surface area contributed by atoms with E-state index in [4.69, 9.17) is 4.28 Å². The Kier molecular flexibility index (Phi) is 5.11. The Morgan fingerprint density at radius 2 is 1.83 bits per heavy atom. The minimum atomic E-state index is -3.91. The molecule has 0 aromatic rings. The molecule has 0 radical (unpaired) electrons. The van der Waals surface area contributed by atoms with Crippen molar-refractivity contribution in [2.24, 2.45) is 11.8 Å². The molecule has 3 rings (SSSR count). The SMILES string of the molecule is CCCCCCCCS(=O)(=O)ON1C(=O)C2=C3CCC(C3)C2C1=O. The first kappa shape index (κ1) is 17.6. The van der Waals surface area contributed by atoms with Gasteiger partial charge in [-0.05, 0) is 31.6 Å². The van der Waals surface area contributed by atoms with E-state index in [2.05, 4.69) is 6.92 Å². The highest BCUT2D eigenvalue weighted by Gasteiger charge is 2.56. The number of amides is 2. The molecule has 24 heavy (non-hydrogen) atoms. The summed E-state index contributed by atoms with van der Waals surface area (Å²) in [6.07, 6.45) is 8.23. The van der Waals surface area contributed by atoms with Gasteiger partial charge >= 0.3 is 0 Å². The van der Waals surface area contributed by atoms with Gasteiger partial charge in [-0.2, -0.15) is 8.42 Å². The van der Waals surface area contributed by atoms with Gasteiger partial charge in [0.15, 0.2) is 0 Å². The number of unbranched alkanes of at least 4 members (excludes halogenated alkanes) is 5. The van der Waals surface area contributed by atoms with Crippen LogP contribution in [0.4, 0.5) is 0 Å². The lowest BCUT2D eigenvalue weighted by Crippen LogP contribution is -2.35. The molecule has 2 aliphatic carbocycles. The number of nitrogens with zero attached hydrogens (tertiary/aromatic N) is 1. The highest BCUT2D eigenvalue weighted by Crippen LogP contribution is 2.52. The van der Waals surface area contributed by atoms with E-state index in [1.54, 1.807) is 0 Å². The largest absolute Gasteiger partial charge is 0.288 e. The second-order valence-electron chi connectivity index (χ2n) is 7.04. The molecule has 1 saturated carbocycles. The number of allylic oxidation sites excluding steroid dienone is 1. The zero-order chi connectivity index (χ0) is 17.3. The van der Waals surface area contributed by atoms with Crippen LogP contribution in [0.2, 0.25) is 0 Å². The van der Waals surface area contributed by atoms with E-state index in [1.165, 1.54) is 0 Å². The fraction of sp³-hybridized carbons (Fsp3) is 0.765. The fourth-order valence-corrected chi connectivity index (χ4v) is 5.09. The monoisotopic (exact) mass is 355 g/mol. The first-order valence-electron chi connectivity index (χ1n) is 8.97. The molecule has 0 spiro atoms. The number of hydrogen-bond acceptors (Lipinski definition) is 5. The average molecular weight is 355 g/mol. The summed E-state index contributed by atoms with van der Waals surface area (Å²) in [4.78, 5) is 24.8. The van der Waals surface area contributed by atoms with Crippen LogP contribution in [0.25, 0.3) is 0 Å². The first-order valence-corrected chi connectivity index (χ1v) is 10.5. The van der Waals surface area contributed by atoms with E-state index >= 15 is 0 Å². The topological polar surface area (TPSA) is 80.8 Å². The summed E-state index contributed by atoms with van der Waals surface area (Å²) in [6, 6.07) is 0. The lowest BCUT2D eigenvalue weighted by molar-refractivity contribution is -0.164. The Morgan fingerprint density at radius 3 is 2.54 bits per heavy atom. The van der Waals surface area contributed by atoms with Crippen molar-refractivity contribution in [3.05, 3.63) is 11.1 Å². The van der Waals surface area contributed by atoms with E-state index in [0.717, 1.165) is 56.9 Å². The number of hydroxylamine groups is 2. The summed E-state index contributed by atoms with van der Waals surface area (Å²) < 4.78 is 29.0. The molecule has 2 amide bonds. The van der Waals surface area contributed by atoms with Crippen LogP contribution >= 0.6 is 0 Å². The highest BCUT2D eigenvalue weighted by molar-refractivity contribution is 7.86. The Morgan fingerprint density at radius 1 is 1.12 bits per heavy atom. The molecule has 2 bridgehead atoms. The third-order valence-electron chi connectivity index (χ3n) is 5.31. The van der Waals surface area contributed by atoms with Crippen LogP contribution in [0.15, 0.2) is 11.1 Å². The molecule has 6 nitrogen and oxygen atoms in total. The molecule has 7 heteroatoms. The summed E-state index contributed by atoms with van der Waals surface area (Å²) in [5, 5.41) is 0.504. The van der Waals surface area contributed by atoms with Crippen molar-refractivity contribution in [2.75, 3.05) is 5.75 Å². The molecule has 1 saturated heterocycles. The average Bonchev–Trinajstić information content (AvgIpc) is 3.21. The van der Waals surface area contributed by atoms with Crippen molar-refractivity contribution in [1.82, 2.24) is 5.06 Å². The van der Waals surface area contributed by atoms with Crippen molar-refractivity contribution < 1.29 is 22.3 Å². The summed E-state index contributed by atoms with van der Waals surface area (Å²) in [5.74, 6) is -1.53. The van der Waals surface area contributed by atoms with Crippen molar-refractivity contribution in [2.45, 2.75) is 64.7 Å². The van der Waals surface area contributed by atoms with Crippen LogP contribution < -0.4 is 0 Å². The van der Waals surface area contributed by atoms with Crippen LogP contribution in [0, 0.1) is 11.8 Å². The standard InChI is InChI=1S/C17H25NO5S/c1-2-3-4-5-6-7-10-24(21,22)23-18-16(19)14-12-8-9-13(11-12)15(14)17(18)20/h12,14H,2-11H2,1H3. The van der Waals surface area contributed by atoms with Gasteiger partial charge in [0.25, 0.3) is 21.9 Å². The second kappa shape index (κ2) is 6.96. The molecule has 134 valence electrons. The third kappa shape index (κ3) is 3.28. The Hall–Kier alpha value is -1.21. The van der Waals surface area contributed by atoms with Crippen LogP contribution in [0.3, 0.4) is 0 Å². The van der Waals surface area contributed by atoms with E-state index in [-0.39, 0.29) is 11.7 Å². The molecular formula is C17H25NO5S. The molecule has 3 aliphatic rings. The molecule has 2 atom stereocenters. The van der Waals surface area contributed by atoms with Gasteiger partial charge in [-0.3, -0.25) is 9.59 Å². The lowest BCUT2D eigenvalue weighted by atomic mass is 9.88. The summed E-state index contributed by atoms with van der Waals surface area (Å²) in [7, 11) is -3.91. The summed E-state index contributed by atoms with van der Waals surface area (Å²) in [6.45, 7) is 2.13. The minimum absolute atomic E-state index is 0.154. The van der Waals surface area contributed by atoms with Crippen molar-refractivity contribution in [3.8, 4) is 0 Å². The number of carbonyl (C=O) groups excluding carboxylic acids is 2. The number of carbonyl (C=O) groups is 2. The molecule has 2 unspecified atom stereocenters. The maximum absolute atomic E-state index is 12.4. The second-order valence-corrected chi connectivity index (χ2v) is 8.71. The zero-order valence-corrected chi connectivity index (χ0v) is 14.9. The maximum atomic E-state index is 12.4. The third-order valence-corrected chi connectivity index (χ3v) is 6.47. The molecule has 0 aromatic carbocycles. The predicted molar refractivity (Wildman–Crippen MR) is 88.0 cm³/mol. The van der Waals surface area contributed by atoms with Gasteiger partial charge in [0.1, 0.15) is 0 Å². The summed E-state index contributed by atoms with van der Waals surface area (Å²) >= 11 is 0. The van der Waals surface area contributed by atoms with Crippen LogP contribution in [0.1, 0.15) is 64.7 Å². The molecule has 0 N–H and O–H groups in total. The van der Waals surface area contributed by atoms with E-state index in [9.17, 15) is 18.0 Å². The predicted octanol–water partition coefficient (Wildman–Crippen LogP) is 2.70. The summed E-state index contributed by atoms with van der Waals surface area (Å²) in [5.41, 5.74) is 1.52. The van der Waals surface area contributed by atoms with E-state index in [1.807, 2.05) is 0 Å². The van der Waals surface area contributed by atoms with Crippen molar-refractivity contribution in [1.29, 1.82) is 0 Å². The number of fused-ring (bicyclic) bond motifs is 4. The van der Waals surface area contributed by atoms with Gasteiger partial charge < -0.3 is 0 Å². The number of hydrogen-bond donors (Lipinski definition) is 0. The van der Waals surface area contributed by atoms with Crippen molar-refractivity contribution in [3.63, 3.8) is 0 Å². The fourth-order valence-electron chi connectivity index (χ4n) is 4.09. The van der Waals surface area contributed by atoms with Crippen LogP contribution in [-0.2, 0) is 24.0 Å². The molecule has 0 aromatic heterocycles. The highest BCUT2D eigenvalue weighted by atomic mass is 32.2. The van der Waals surface area contributed by atoms with Gasteiger partial charge in [0.05, 0.1) is 11.7 Å². The Labute approximate surface area is 143 Å². The van der Waals surface area contributed by atoms with Crippen LogP contribution in [0.5, 0.6) is 0 Å². The Bertz CT molecular complexity index is 666. The number of imide groups is 1. The van der Waals surface area contributed by atoms with Gasteiger partial charge in [0.2, 0.25) is 0 Å². The van der Waals surface area contributed by atoms with Gasteiger partial charge in [0, 0.05) is 5.57 Å². The molecule has 1 aliphatic heterocycles. The first-order chi connectivity index (χ1) is 11.4. The Balaban J connectivity index is 1.55. The number of rotatable bonds is 9. The van der Waals surface area contributed by atoms with Gasteiger partial charge in [-0.1, -0.05) is 44.6 Å². The quantitative estimate of drug-likeness (QED) is 0.469. The van der Waals surface area contributed by atoms with E-state index < -0.39 is 27.9 Å². The van der Waals surface area contributed by atoms with E-state index in [0.29, 0.717) is 17.1 Å². The molecule has 1 heterocycles. The minimum Gasteiger partial charge on any atom is -0.271 e. The lowest BCUT2D eigenvalue weighted by Gasteiger charge is -2.15. The normalized spacial score (nSPS) is 26.0. The van der Waals surface area contributed by atoms with Gasteiger partial charge in [-0.25, -0.2) is 0 Å².